The van der Waals surface area contributed by atoms with E-state index in [0.29, 0.717) is 12.3 Å². The number of ketones is 1. The highest BCUT2D eigenvalue weighted by Gasteiger charge is 2.11. The van der Waals surface area contributed by atoms with E-state index < -0.39 is 0 Å². The van der Waals surface area contributed by atoms with Crippen molar-refractivity contribution in [3.8, 4) is 5.75 Å². The summed E-state index contributed by atoms with van der Waals surface area (Å²) >= 11 is 1.53. The molecule has 0 aromatic carbocycles. The second-order valence-electron chi connectivity index (χ2n) is 3.49. The van der Waals surface area contributed by atoms with E-state index in [9.17, 15) is 9.90 Å². The van der Waals surface area contributed by atoms with Crippen LogP contribution < -0.4 is 0 Å². The summed E-state index contributed by atoms with van der Waals surface area (Å²) in [4.78, 5) is 12.8. The Hall–Kier alpha value is -0.830. The van der Waals surface area contributed by atoms with Crippen LogP contribution in [0.2, 0.25) is 0 Å². The molecular weight excluding hydrogens is 184 g/mol. The van der Waals surface area contributed by atoms with Crippen LogP contribution >= 0.6 is 11.3 Å². The Balaban J connectivity index is 2.89. The minimum atomic E-state index is 0.0902. The van der Waals surface area contributed by atoms with Crippen LogP contribution in [0.5, 0.6) is 5.75 Å². The van der Waals surface area contributed by atoms with Gasteiger partial charge < -0.3 is 5.11 Å². The van der Waals surface area contributed by atoms with Gasteiger partial charge in [0.15, 0.2) is 0 Å². The van der Waals surface area contributed by atoms with Gasteiger partial charge in [0.05, 0.1) is 4.88 Å². The maximum absolute atomic E-state index is 10.8. The number of carbonyl (C=O) groups excluding carboxylic acids is 1. The van der Waals surface area contributed by atoms with Gasteiger partial charge in [-0.25, -0.2) is 0 Å². The molecule has 1 N–H and O–H groups in total. The SMILES string of the molecule is CC(=O)Cc1sc(C(C)C)cc1O. The molecule has 2 nitrogen and oxygen atoms in total. The van der Waals surface area contributed by atoms with Crippen molar-refractivity contribution in [2.75, 3.05) is 0 Å². The standard InChI is InChI=1S/C10H14O2S/c1-6(2)9-5-8(12)10(13-9)4-7(3)11/h5-6,12H,4H2,1-3H3. The fourth-order valence-electron chi connectivity index (χ4n) is 1.08. The number of rotatable bonds is 3. The Morgan fingerprint density at radius 2 is 2.23 bits per heavy atom. The quantitative estimate of drug-likeness (QED) is 0.810. The Kier molecular flexibility index (Phi) is 3.09. The average molecular weight is 198 g/mol. The molecule has 3 heteroatoms. The molecule has 1 rings (SSSR count). The maximum atomic E-state index is 10.8. The van der Waals surface area contributed by atoms with Crippen molar-refractivity contribution in [1.82, 2.24) is 0 Å². The number of Topliss-reactive ketones (excluding diaryl/α,β-unsaturated/α-hetero) is 1. The number of hydrogen-bond acceptors (Lipinski definition) is 3. The molecule has 0 unspecified atom stereocenters. The summed E-state index contributed by atoms with van der Waals surface area (Å²) in [5.74, 6) is 0.771. The topological polar surface area (TPSA) is 37.3 Å². The summed E-state index contributed by atoms with van der Waals surface area (Å²) in [5, 5.41) is 9.49. The van der Waals surface area contributed by atoms with Gasteiger partial charge in [-0.3, -0.25) is 4.79 Å². The summed E-state index contributed by atoms with van der Waals surface area (Å²) in [5.41, 5.74) is 0. The van der Waals surface area contributed by atoms with E-state index in [1.165, 1.54) is 18.3 Å². The monoisotopic (exact) mass is 198 g/mol. The van der Waals surface area contributed by atoms with E-state index in [0.717, 1.165) is 9.75 Å². The van der Waals surface area contributed by atoms with Crippen LogP contribution in [0.1, 0.15) is 36.4 Å². The van der Waals surface area contributed by atoms with E-state index in [4.69, 9.17) is 0 Å². The zero-order chi connectivity index (χ0) is 10.0. The molecule has 0 saturated carbocycles. The molecule has 1 aromatic heterocycles. The van der Waals surface area contributed by atoms with E-state index >= 15 is 0 Å². The first-order valence-corrected chi connectivity index (χ1v) is 5.13. The largest absolute Gasteiger partial charge is 0.507 e. The first-order chi connectivity index (χ1) is 6.00. The van der Waals surface area contributed by atoms with E-state index in [2.05, 4.69) is 13.8 Å². The molecule has 0 atom stereocenters. The molecule has 0 aliphatic rings. The third-order valence-corrected chi connectivity index (χ3v) is 3.21. The molecule has 0 aliphatic heterocycles. The predicted molar refractivity (Wildman–Crippen MR) is 54.5 cm³/mol. The highest BCUT2D eigenvalue weighted by Crippen LogP contribution is 2.33. The van der Waals surface area contributed by atoms with Crippen LogP contribution in [-0.4, -0.2) is 10.9 Å². The molecule has 0 amide bonds. The zero-order valence-electron chi connectivity index (χ0n) is 8.13. The Morgan fingerprint density at radius 1 is 1.62 bits per heavy atom. The van der Waals surface area contributed by atoms with E-state index in [1.807, 2.05) is 0 Å². The summed E-state index contributed by atoms with van der Waals surface area (Å²) in [6.07, 6.45) is 0.350. The first-order valence-electron chi connectivity index (χ1n) is 4.31. The summed E-state index contributed by atoms with van der Waals surface area (Å²) < 4.78 is 0. The lowest BCUT2D eigenvalue weighted by atomic mass is 10.2. The van der Waals surface area contributed by atoms with Gasteiger partial charge in [-0.15, -0.1) is 11.3 Å². The van der Waals surface area contributed by atoms with Crippen molar-refractivity contribution in [3.63, 3.8) is 0 Å². The fraction of sp³-hybridized carbons (Fsp3) is 0.500. The molecule has 0 saturated heterocycles. The van der Waals surface area contributed by atoms with Gasteiger partial charge in [0, 0.05) is 11.3 Å². The number of aromatic hydroxyl groups is 1. The fourth-order valence-corrected chi connectivity index (χ4v) is 2.21. The molecule has 0 bridgehead atoms. The molecule has 13 heavy (non-hydrogen) atoms. The van der Waals surface area contributed by atoms with Crippen molar-refractivity contribution >= 4 is 17.1 Å². The molecule has 1 heterocycles. The van der Waals surface area contributed by atoms with Gasteiger partial charge >= 0.3 is 0 Å². The van der Waals surface area contributed by atoms with Crippen LogP contribution in [0.25, 0.3) is 0 Å². The number of carbonyl (C=O) groups is 1. The van der Waals surface area contributed by atoms with Crippen LogP contribution in [0.15, 0.2) is 6.07 Å². The second-order valence-corrected chi connectivity index (χ2v) is 4.66. The van der Waals surface area contributed by atoms with Crippen molar-refractivity contribution in [1.29, 1.82) is 0 Å². The maximum Gasteiger partial charge on any atom is 0.135 e. The van der Waals surface area contributed by atoms with Gasteiger partial charge in [0.1, 0.15) is 11.5 Å². The highest BCUT2D eigenvalue weighted by molar-refractivity contribution is 7.12. The van der Waals surface area contributed by atoms with Crippen LogP contribution in [0.4, 0.5) is 0 Å². The van der Waals surface area contributed by atoms with Gasteiger partial charge in [-0.1, -0.05) is 13.8 Å². The lowest BCUT2D eigenvalue weighted by Crippen LogP contribution is -1.92. The zero-order valence-corrected chi connectivity index (χ0v) is 8.94. The van der Waals surface area contributed by atoms with Crippen molar-refractivity contribution in [2.45, 2.75) is 33.1 Å². The Bertz CT molecular complexity index is 313. The van der Waals surface area contributed by atoms with Crippen LogP contribution in [0, 0.1) is 0 Å². The van der Waals surface area contributed by atoms with Crippen molar-refractivity contribution in [3.05, 3.63) is 15.8 Å². The summed E-state index contributed by atoms with van der Waals surface area (Å²) in [7, 11) is 0. The molecular formula is C10H14O2S. The summed E-state index contributed by atoms with van der Waals surface area (Å²) in [6.45, 7) is 5.68. The minimum absolute atomic E-state index is 0.0902. The second kappa shape index (κ2) is 3.92. The first kappa shape index (κ1) is 10.3. The smallest absolute Gasteiger partial charge is 0.135 e. The molecule has 0 aliphatic carbocycles. The van der Waals surface area contributed by atoms with Crippen LogP contribution in [-0.2, 0) is 11.2 Å². The molecule has 0 radical (unpaired) electrons. The normalized spacial score (nSPS) is 10.8. The van der Waals surface area contributed by atoms with Crippen LogP contribution in [0.3, 0.4) is 0 Å². The van der Waals surface area contributed by atoms with Crippen molar-refractivity contribution in [2.24, 2.45) is 0 Å². The third-order valence-electron chi connectivity index (χ3n) is 1.78. The number of thiophene rings is 1. The molecule has 0 fully saturated rings. The minimum Gasteiger partial charge on any atom is -0.507 e. The van der Waals surface area contributed by atoms with Crippen molar-refractivity contribution < 1.29 is 9.90 Å². The highest BCUT2D eigenvalue weighted by atomic mass is 32.1. The van der Waals surface area contributed by atoms with E-state index in [-0.39, 0.29) is 11.5 Å². The van der Waals surface area contributed by atoms with Gasteiger partial charge in [0.2, 0.25) is 0 Å². The van der Waals surface area contributed by atoms with Gasteiger partial charge in [-0.2, -0.15) is 0 Å². The molecule has 0 spiro atoms. The van der Waals surface area contributed by atoms with Gasteiger partial charge in [0.25, 0.3) is 0 Å². The molecule has 72 valence electrons. The Morgan fingerprint density at radius 3 is 2.62 bits per heavy atom. The van der Waals surface area contributed by atoms with E-state index in [1.54, 1.807) is 6.07 Å². The third kappa shape index (κ3) is 2.56. The lowest BCUT2D eigenvalue weighted by molar-refractivity contribution is -0.116. The average Bonchev–Trinajstić information content (AvgIpc) is 2.31. The molecule has 1 aromatic rings. The predicted octanol–water partition coefficient (Wildman–Crippen LogP) is 2.71. The summed E-state index contributed by atoms with van der Waals surface area (Å²) in [6, 6.07) is 1.76. The van der Waals surface area contributed by atoms with Gasteiger partial charge in [-0.05, 0) is 18.9 Å². The Labute approximate surface area is 82.2 Å². The number of hydrogen-bond donors (Lipinski definition) is 1. The lowest BCUT2D eigenvalue weighted by Gasteiger charge is -1.96.